The molecule has 140 valence electrons. The van der Waals surface area contributed by atoms with Gasteiger partial charge in [0, 0.05) is 11.6 Å². The van der Waals surface area contributed by atoms with Gasteiger partial charge >= 0.3 is 6.03 Å². The van der Waals surface area contributed by atoms with E-state index >= 15 is 0 Å². The first-order valence-electron chi connectivity index (χ1n) is 7.86. The Balaban J connectivity index is 1.79. The quantitative estimate of drug-likeness (QED) is 0.804. The molecule has 0 unspecified atom stereocenters. The summed E-state index contributed by atoms with van der Waals surface area (Å²) in [6.07, 6.45) is 0. The molecule has 2 aromatic carbocycles. The van der Waals surface area contributed by atoms with Gasteiger partial charge in [-0.2, -0.15) is 0 Å². The maximum atomic E-state index is 14.1. The van der Waals surface area contributed by atoms with Gasteiger partial charge in [-0.3, -0.25) is 14.5 Å². The number of anilines is 1. The third-order valence-electron chi connectivity index (χ3n) is 4.19. The number of halogens is 3. The first-order chi connectivity index (χ1) is 12.7. The Hall–Kier alpha value is -3.36. The monoisotopic (exact) mass is 377 g/mol. The predicted molar refractivity (Wildman–Crippen MR) is 89.0 cm³/mol. The van der Waals surface area contributed by atoms with Gasteiger partial charge in [0.1, 0.15) is 29.5 Å². The average Bonchev–Trinajstić information content (AvgIpc) is 2.82. The third kappa shape index (κ3) is 3.35. The number of imide groups is 1. The van der Waals surface area contributed by atoms with Crippen LogP contribution in [-0.2, 0) is 15.1 Å². The number of nitrogens with one attached hydrogen (secondary N) is 2. The van der Waals surface area contributed by atoms with E-state index in [1.54, 1.807) is 0 Å². The van der Waals surface area contributed by atoms with E-state index in [0.717, 1.165) is 24.3 Å². The lowest BCUT2D eigenvalue weighted by Crippen LogP contribution is -2.42. The largest absolute Gasteiger partial charge is 0.325 e. The average molecular weight is 377 g/mol. The molecular formula is C18H14F3N3O3. The highest BCUT2D eigenvalue weighted by Gasteiger charge is 2.50. The van der Waals surface area contributed by atoms with Crippen LogP contribution in [0.1, 0.15) is 12.5 Å². The van der Waals surface area contributed by atoms with Crippen molar-refractivity contribution in [2.75, 3.05) is 11.9 Å². The lowest BCUT2D eigenvalue weighted by molar-refractivity contribution is -0.133. The van der Waals surface area contributed by atoms with Crippen LogP contribution in [-0.4, -0.2) is 29.3 Å². The van der Waals surface area contributed by atoms with E-state index in [4.69, 9.17) is 0 Å². The minimum Gasteiger partial charge on any atom is -0.322 e. The molecule has 2 aromatic rings. The molecule has 0 spiro atoms. The molecule has 1 fully saturated rings. The van der Waals surface area contributed by atoms with Gasteiger partial charge in [0.05, 0.1) is 5.69 Å². The summed E-state index contributed by atoms with van der Waals surface area (Å²) in [6, 6.07) is 6.99. The lowest BCUT2D eigenvalue weighted by Gasteiger charge is -2.22. The standard InChI is InChI=1S/C18H14F3N3O3/c1-18(11-4-2-3-5-12(11)20)16(26)24(17(27)23-18)9-15(25)22-14-8-10(19)6-7-13(14)21/h2-8H,9H2,1H3,(H,22,25)(H,23,27)/t18-/m1/s1. The molecule has 0 radical (unpaired) electrons. The Morgan fingerprint density at radius 3 is 2.52 bits per heavy atom. The second-order valence-corrected chi connectivity index (χ2v) is 6.10. The first kappa shape index (κ1) is 18.4. The number of carbonyl (C=O) groups excluding carboxylic acids is 3. The third-order valence-corrected chi connectivity index (χ3v) is 4.19. The van der Waals surface area contributed by atoms with Crippen molar-refractivity contribution >= 4 is 23.5 Å². The second kappa shape index (κ2) is 6.75. The minimum absolute atomic E-state index is 0.0533. The molecule has 0 aromatic heterocycles. The summed E-state index contributed by atoms with van der Waals surface area (Å²) in [7, 11) is 0. The van der Waals surface area contributed by atoms with Crippen LogP contribution >= 0.6 is 0 Å². The van der Waals surface area contributed by atoms with Crippen molar-refractivity contribution in [3.05, 3.63) is 65.5 Å². The van der Waals surface area contributed by atoms with Gasteiger partial charge in [0.15, 0.2) is 0 Å². The summed E-state index contributed by atoms with van der Waals surface area (Å²) in [5.74, 6) is -4.10. The van der Waals surface area contributed by atoms with Crippen LogP contribution in [0, 0.1) is 17.5 Å². The SMILES string of the molecule is C[C@]1(c2ccccc2F)NC(=O)N(CC(=O)Nc2cc(F)ccc2F)C1=O. The smallest absolute Gasteiger partial charge is 0.322 e. The van der Waals surface area contributed by atoms with Crippen LogP contribution in [0.3, 0.4) is 0 Å². The lowest BCUT2D eigenvalue weighted by atomic mass is 9.91. The highest BCUT2D eigenvalue weighted by atomic mass is 19.1. The van der Waals surface area contributed by atoms with Crippen molar-refractivity contribution in [2.45, 2.75) is 12.5 Å². The van der Waals surface area contributed by atoms with Gasteiger partial charge < -0.3 is 10.6 Å². The molecule has 3 rings (SSSR count). The molecule has 0 bridgehead atoms. The summed E-state index contributed by atoms with van der Waals surface area (Å²) in [5.41, 5.74) is -2.17. The summed E-state index contributed by atoms with van der Waals surface area (Å²) in [5, 5.41) is 4.46. The van der Waals surface area contributed by atoms with Crippen LogP contribution in [0.5, 0.6) is 0 Å². The molecule has 1 aliphatic heterocycles. The van der Waals surface area contributed by atoms with E-state index in [2.05, 4.69) is 10.6 Å². The molecule has 0 saturated carbocycles. The van der Waals surface area contributed by atoms with Gasteiger partial charge in [-0.25, -0.2) is 18.0 Å². The molecule has 0 aliphatic carbocycles. The molecule has 27 heavy (non-hydrogen) atoms. The minimum atomic E-state index is -1.69. The number of amides is 4. The van der Waals surface area contributed by atoms with E-state index in [0.29, 0.717) is 4.90 Å². The molecular weight excluding hydrogens is 363 g/mol. The Kier molecular flexibility index (Phi) is 4.61. The molecule has 4 amide bonds. The molecule has 1 aliphatic rings. The Morgan fingerprint density at radius 2 is 1.81 bits per heavy atom. The van der Waals surface area contributed by atoms with Gasteiger partial charge in [0.25, 0.3) is 5.91 Å². The van der Waals surface area contributed by atoms with Gasteiger partial charge in [-0.1, -0.05) is 18.2 Å². The number of rotatable bonds is 4. The Bertz CT molecular complexity index is 950. The predicted octanol–water partition coefficient (Wildman–Crippen LogP) is 2.51. The fraction of sp³-hybridized carbons (Fsp3) is 0.167. The van der Waals surface area contributed by atoms with Crippen LogP contribution < -0.4 is 10.6 Å². The van der Waals surface area contributed by atoms with E-state index < -0.39 is 53.1 Å². The number of hydrogen-bond acceptors (Lipinski definition) is 3. The van der Waals surface area contributed by atoms with Crippen LogP contribution in [0.4, 0.5) is 23.7 Å². The van der Waals surface area contributed by atoms with Crippen LogP contribution in [0.25, 0.3) is 0 Å². The number of carbonyl (C=O) groups is 3. The van der Waals surface area contributed by atoms with Crippen molar-refractivity contribution in [3.8, 4) is 0 Å². The van der Waals surface area contributed by atoms with E-state index in [-0.39, 0.29) is 5.56 Å². The maximum absolute atomic E-state index is 14.1. The van der Waals surface area contributed by atoms with Crippen LogP contribution in [0.15, 0.2) is 42.5 Å². The highest BCUT2D eigenvalue weighted by molar-refractivity contribution is 6.10. The van der Waals surface area contributed by atoms with E-state index in [1.807, 2.05) is 0 Å². The van der Waals surface area contributed by atoms with Gasteiger partial charge in [-0.05, 0) is 25.1 Å². The van der Waals surface area contributed by atoms with Crippen molar-refractivity contribution in [3.63, 3.8) is 0 Å². The molecule has 9 heteroatoms. The fourth-order valence-corrected chi connectivity index (χ4v) is 2.82. The summed E-state index contributed by atoms with van der Waals surface area (Å²) in [6.45, 7) is 0.570. The Morgan fingerprint density at radius 1 is 1.11 bits per heavy atom. The number of benzene rings is 2. The van der Waals surface area contributed by atoms with E-state index in [9.17, 15) is 27.6 Å². The number of nitrogens with zero attached hydrogens (tertiary/aromatic N) is 1. The van der Waals surface area contributed by atoms with Gasteiger partial charge in [0.2, 0.25) is 5.91 Å². The van der Waals surface area contributed by atoms with E-state index in [1.165, 1.54) is 25.1 Å². The molecule has 6 nitrogen and oxygen atoms in total. The van der Waals surface area contributed by atoms with Crippen molar-refractivity contribution in [1.29, 1.82) is 0 Å². The normalized spacial score (nSPS) is 19.2. The molecule has 1 saturated heterocycles. The Labute approximate surface area is 152 Å². The highest BCUT2D eigenvalue weighted by Crippen LogP contribution is 2.30. The molecule has 2 N–H and O–H groups in total. The zero-order valence-corrected chi connectivity index (χ0v) is 14.1. The van der Waals surface area contributed by atoms with Crippen molar-refractivity contribution in [2.24, 2.45) is 0 Å². The number of hydrogen-bond donors (Lipinski definition) is 2. The summed E-state index contributed by atoms with van der Waals surface area (Å²) < 4.78 is 40.8. The van der Waals surface area contributed by atoms with Crippen molar-refractivity contribution < 1.29 is 27.6 Å². The molecule has 1 heterocycles. The summed E-state index contributed by atoms with van der Waals surface area (Å²) in [4.78, 5) is 37.5. The van der Waals surface area contributed by atoms with Crippen LogP contribution in [0.2, 0.25) is 0 Å². The maximum Gasteiger partial charge on any atom is 0.325 e. The fourth-order valence-electron chi connectivity index (χ4n) is 2.82. The van der Waals surface area contributed by atoms with Crippen molar-refractivity contribution in [1.82, 2.24) is 10.2 Å². The zero-order chi connectivity index (χ0) is 19.8. The zero-order valence-electron chi connectivity index (χ0n) is 14.1. The van der Waals surface area contributed by atoms with Gasteiger partial charge in [-0.15, -0.1) is 0 Å². The second-order valence-electron chi connectivity index (χ2n) is 6.10. The summed E-state index contributed by atoms with van der Waals surface area (Å²) >= 11 is 0. The topological polar surface area (TPSA) is 78.5 Å². The molecule has 1 atom stereocenters. The first-order valence-corrected chi connectivity index (χ1v) is 7.86. The number of urea groups is 1.